The summed E-state index contributed by atoms with van der Waals surface area (Å²) in [5, 5.41) is 15.2. The Morgan fingerprint density at radius 1 is 1.23 bits per heavy atom. The van der Waals surface area contributed by atoms with Gasteiger partial charge in [0.2, 0.25) is 5.91 Å². The first-order valence-corrected chi connectivity index (χ1v) is 9.98. The first kappa shape index (κ1) is 21.2. The van der Waals surface area contributed by atoms with Crippen molar-refractivity contribution >= 4 is 34.3 Å². The van der Waals surface area contributed by atoms with E-state index in [1.807, 2.05) is 37.4 Å². The molecule has 0 radical (unpaired) electrons. The van der Waals surface area contributed by atoms with E-state index in [1.165, 1.54) is 35.6 Å². The summed E-state index contributed by atoms with van der Waals surface area (Å²) in [6.45, 7) is 3.86. The van der Waals surface area contributed by atoms with Gasteiger partial charge in [-0.25, -0.2) is 9.78 Å². The van der Waals surface area contributed by atoms with Crippen LogP contribution in [0, 0.1) is 19.3 Å². The number of nitrogens with one attached hydrogen (secondary N) is 3. The number of aryl methyl sites for hydroxylation is 2. The van der Waals surface area contributed by atoms with Crippen LogP contribution in [0.3, 0.4) is 0 Å². The Morgan fingerprint density at radius 3 is 2.63 bits per heavy atom. The summed E-state index contributed by atoms with van der Waals surface area (Å²) >= 11 is 1.30. The van der Waals surface area contributed by atoms with Gasteiger partial charge >= 0.3 is 5.69 Å². The number of carbonyl (C=O) groups excluding carboxylic acids is 1. The normalized spacial score (nSPS) is 10.7. The highest BCUT2D eigenvalue weighted by atomic mass is 32.1. The van der Waals surface area contributed by atoms with Crippen molar-refractivity contribution in [3.05, 3.63) is 61.2 Å². The molecule has 2 aromatic heterocycles. The molecule has 3 N–H and O–H groups in total. The highest BCUT2D eigenvalue weighted by molar-refractivity contribution is 7.14. The number of benzene rings is 1. The first-order valence-electron chi connectivity index (χ1n) is 9.10. The smallest absolute Gasteiger partial charge is 0.331 e. The summed E-state index contributed by atoms with van der Waals surface area (Å²) < 4.78 is 2.09. The molecule has 0 fully saturated rings. The fourth-order valence-corrected chi connectivity index (χ4v) is 3.63. The monoisotopic (exact) mass is 428 g/mol. The lowest BCUT2D eigenvalue weighted by Gasteiger charge is -2.13. The summed E-state index contributed by atoms with van der Waals surface area (Å²) in [5.41, 5.74) is 3.06. The fraction of sp³-hybridized carbons (Fsp3) is 0.250. The quantitative estimate of drug-likeness (QED) is 0.519. The van der Waals surface area contributed by atoms with Gasteiger partial charge in [0, 0.05) is 32.7 Å². The summed E-state index contributed by atoms with van der Waals surface area (Å²) in [5.74, 6) is -0.400. The molecule has 0 unspecified atom stereocenters. The second-order valence-corrected chi connectivity index (χ2v) is 7.71. The van der Waals surface area contributed by atoms with E-state index in [9.17, 15) is 14.4 Å². The van der Waals surface area contributed by atoms with E-state index in [4.69, 9.17) is 5.41 Å². The van der Waals surface area contributed by atoms with Crippen LogP contribution in [-0.2, 0) is 18.9 Å². The molecule has 2 heterocycles. The van der Waals surface area contributed by atoms with Crippen molar-refractivity contribution in [2.75, 3.05) is 17.2 Å². The third kappa shape index (κ3) is 4.08. The number of nitrogens with zero attached hydrogens (tertiary/aromatic N) is 3. The Bertz CT molecular complexity index is 1260. The number of hydrogen-bond acceptors (Lipinski definition) is 7. The second kappa shape index (κ2) is 8.46. The average molecular weight is 429 g/mol. The molecular formula is C20H24N6O3S. The maximum Gasteiger partial charge on any atom is 0.331 e. The van der Waals surface area contributed by atoms with Crippen molar-refractivity contribution < 1.29 is 6.22 Å². The minimum absolute atomic E-state index is 0. The van der Waals surface area contributed by atoms with E-state index in [0.29, 0.717) is 5.13 Å². The lowest BCUT2D eigenvalue weighted by atomic mass is 10.1. The molecule has 158 valence electrons. The van der Waals surface area contributed by atoms with Crippen LogP contribution in [-0.4, -0.2) is 32.8 Å². The van der Waals surface area contributed by atoms with Crippen LogP contribution < -0.4 is 21.9 Å². The van der Waals surface area contributed by atoms with Crippen molar-refractivity contribution in [2.45, 2.75) is 13.8 Å². The topological polar surface area (TPSA) is 122 Å². The molecule has 0 aliphatic heterocycles. The highest BCUT2D eigenvalue weighted by Crippen LogP contribution is 2.26. The van der Waals surface area contributed by atoms with Crippen molar-refractivity contribution in [3.63, 3.8) is 0 Å². The molecular weight excluding hydrogens is 404 g/mol. The van der Waals surface area contributed by atoms with Gasteiger partial charge in [-0.05, 0) is 31.0 Å². The number of amides is 1. The molecule has 0 saturated heterocycles. The van der Waals surface area contributed by atoms with E-state index >= 15 is 0 Å². The SMILES string of the molecule is Cc1ccc(-c2csc(NC(=O)CNc3c(C=N)n(C)c(=O)n(C)c3=O)n2)cc1C.[HH]. The molecule has 30 heavy (non-hydrogen) atoms. The number of aromatic nitrogens is 3. The maximum absolute atomic E-state index is 12.3. The van der Waals surface area contributed by atoms with Crippen LogP contribution in [0.25, 0.3) is 11.3 Å². The number of thiazole rings is 1. The number of rotatable bonds is 6. The zero-order chi connectivity index (χ0) is 22.0. The van der Waals surface area contributed by atoms with Gasteiger partial charge in [0.25, 0.3) is 5.56 Å². The summed E-state index contributed by atoms with van der Waals surface area (Å²) in [7, 11) is 2.80. The van der Waals surface area contributed by atoms with Gasteiger partial charge < -0.3 is 16.0 Å². The lowest BCUT2D eigenvalue weighted by molar-refractivity contribution is -0.114. The molecule has 0 bridgehead atoms. The van der Waals surface area contributed by atoms with Gasteiger partial charge in [0.15, 0.2) is 5.13 Å². The number of hydrogen-bond donors (Lipinski definition) is 3. The van der Waals surface area contributed by atoms with Gasteiger partial charge in [-0.2, -0.15) is 0 Å². The Labute approximate surface area is 178 Å². The third-order valence-electron chi connectivity index (χ3n) is 4.83. The molecule has 0 spiro atoms. The van der Waals surface area contributed by atoms with Crippen LogP contribution in [0.1, 0.15) is 18.2 Å². The molecule has 1 aromatic carbocycles. The molecule has 3 aromatic rings. The van der Waals surface area contributed by atoms with Crippen LogP contribution in [0.5, 0.6) is 0 Å². The van der Waals surface area contributed by atoms with Gasteiger partial charge in [-0.3, -0.25) is 18.7 Å². The predicted molar refractivity (Wildman–Crippen MR) is 121 cm³/mol. The van der Waals surface area contributed by atoms with Crippen LogP contribution in [0.15, 0.2) is 33.2 Å². The van der Waals surface area contributed by atoms with Crippen molar-refractivity contribution in [2.24, 2.45) is 14.1 Å². The van der Waals surface area contributed by atoms with Crippen molar-refractivity contribution in [3.8, 4) is 11.3 Å². The zero-order valence-corrected chi connectivity index (χ0v) is 17.9. The average Bonchev–Trinajstić information content (AvgIpc) is 3.18. The van der Waals surface area contributed by atoms with Gasteiger partial charge in [-0.1, -0.05) is 12.1 Å². The van der Waals surface area contributed by atoms with E-state index < -0.39 is 17.2 Å². The summed E-state index contributed by atoms with van der Waals surface area (Å²) in [6, 6.07) is 6.06. The maximum atomic E-state index is 12.3. The Hall–Kier alpha value is -3.53. The molecule has 0 atom stereocenters. The number of anilines is 2. The van der Waals surface area contributed by atoms with E-state index in [0.717, 1.165) is 27.6 Å². The largest absolute Gasteiger partial charge is 0.370 e. The fourth-order valence-electron chi connectivity index (χ4n) is 2.89. The lowest BCUT2D eigenvalue weighted by Crippen LogP contribution is -2.41. The second-order valence-electron chi connectivity index (χ2n) is 6.85. The molecule has 0 aliphatic rings. The van der Waals surface area contributed by atoms with E-state index in [1.54, 1.807) is 0 Å². The molecule has 9 nitrogen and oxygen atoms in total. The highest BCUT2D eigenvalue weighted by Gasteiger charge is 2.15. The predicted octanol–water partition coefficient (Wildman–Crippen LogP) is 2.12. The molecule has 0 aliphatic carbocycles. The van der Waals surface area contributed by atoms with E-state index in [2.05, 4.69) is 15.6 Å². The van der Waals surface area contributed by atoms with Crippen molar-refractivity contribution in [1.82, 2.24) is 14.1 Å². The van der Waals surface area contributed by atoms with Crippen LogP contribution in [0.4, 0.5) is 10.8 Å². The minimum Gasteiger partial charge on any atom is -0.370 e. The summed E-state index contributed by atoms with van der Waals surface area (Å²) in [4.78, 5) is 41.1. The van der Waals surface area contributed by atoms with Gasteiger partial charge in [-0.15, -0.1) is 11.3 Å². The zero-order valence-electron chi connectivity index (χ0n) is 17.1. The third-order valence-corrected chi connectivity index (χ3v) is 5.58. The van der Waals surface area contributed by atoms with Gasteiger partial charge in [0.1, 0.15) is 5.69 Å². The minimum atomic E-state index is -0.601. The Morgan fingerprint density at radius 2 is 1.97 bits per heavy atom. The van der Waals surface area contributed by atoms with Crippen LogP contribution in [0.2, 0.25) is 0 Å². The molecule has 0 saturated carbocycles. The van der Waals surface area contributed by atoms with Crippen LogP contribution >= 0.6 is 11.3 Å². The van der Waals surface area contributed by atoms with E-state index in [-0.39, 0.29) is 19.4 Å². The number of carbonyl (C=O) groups is 1. The van der Waals surface area contributed by atoms with Gasteiger partial charge in [0.05, 0.1) is 17.9 Å². The molecule has 1 amide bonds. The molecule has 3 rings (SSSR count). The molecule has 10 heteroatoms. The Balaban J connectivity index is 0.00000341. The standard InChI is InChI=1S/C20H22N6O3S.H2/c1-11-5-6-13(7-12(11)2)14-10-30-19(23-14)24-16(27)9-22-17-15(8-21)25(3)20(29)26(4)18(17)28;/h5-8,10,21-22H,9H2,1-4H3,(H,23,24,27);1H. The first-order chi connectivity index (χ1) is 14.2. The summed E-state index contributed by atoms with van der Waals surface area (Å²) in [6.07, 6.45) is 0.902. The van der Waals surface area contributed by atoms with Crippen molar-refractivity contribution in [1.29, 1.82) is 5.41 Å². The Kier molecular flexibility index (Phi) is 5.97.